The van der Waals surface area contributed by atoms with Crippen LogP contribution in [0.5, 0.6) is 0 Å². The lowest BCUT2D eigenvalue weighted by molar-refractivity contribution is 0.0113. The SMILES string of the molecule is CCC(CC(C)C(C)C1CC(C)C1CC)C(C)C. The van der Waals surface area contributed by atoms with Crippen molar-refractivity contribution in [1.82, 2.24) is 0 Å². The number of hydrogen-bond donors (Lipinski definition) is 0. The summed E-state index contributed by atoms with van der Waals surface area (Å²) in [4.78, 5) is 0. The van der Waals surface area contributed by atoms with E-state index in [9.17, 15) is 0 Å². The largest absolute Gasteiger partial charge is 0.0651 e. The molecule has 18 heavy (non-hydrogen) atoms. The first-order valence-corrected chi connectivity index (χ1v) is 8.42. The van der Waals surface area contributed by atoms with E-state index in [1.54, 1.807) is 0 Å². The Morgan fingerprint density at radius 1 is 1.06 bits per heavy atom. The molecule has 0 aliphatic heterocycles. The van der Waals surface area contributed by atoms with Crippen LogP contribution in [0.25, 0.3) is 0 Å². The molecule has 0 saturated heterocycles. The van der Waals surface area contributed by atoms with E-state index < -0.39 is 0 Å². The fraction of sp³-hybridized carbons (Fsp3) is 1.00. The molecule has 6 atom stereocenters. The molecule has 0 N–H and O–H groups in total. The van der Waals surface area contributed by atoms with Gasteiger partial charge in [-0.3, -0.25) is 0 Å². The van der Waals surface area contributed by atoms with Crippen LogP contribution < -0.4 is 0 Å². The lowest BCUT2D eigenvalue weighted by atomic mass is 9.57. The second-order valence-electron chi connectivity index (χ2n) is 7.43. The molecule has 1 aliphatic rings. The Labute approximate surface area is 116 Å². The van der Waals surface area contributed by atoms with E-state index in [0.717, 1.165) is 41.4 Å². The van der Waals surface area contributed by atoms with E-state index in [0.29, 0.717) is 0 Å². The van der Waals surface area contributed by atoms with Gasteiger partial charge in [-0.1, -0.05) is 61.3 Å². The van der Waals surface area contributed by atoms with Crippen LogP contribution >= 0.6 is 0 Å². The first-order valence-electron chi connectivity index (χ1n) is 8.42. The third-order valence-corrected chi connectivity index (χ3v) is 6.11. The lowest BCUT2D eigenvalue weighted by Gasteiger charge is -2.48. The Balaban J connectivity index is 2.48. The average Bonchev–Trinajstić information content (AvgIpc) is 2.31. The molecule has 0 heterocycles. The van der Waals surface area contributed by atoms with E-state index >= 15 is 0 Å². The van der Waals surface area contributed by atoms with Crippen LogP contribution in [-0.2, 0) is 0 Å². The molecule has 0 aromatic heterocycles. The molecule has 108 valence electrons. The third-order valence-electron chi connectivity index (χ3n) is 6.11. The van der Waals surface area contributed by atoms with Crippen LogP contribution in [0, 0.1) is 41.4 Å². The van der Waals surface area contributed by atoms with Gasteiger partial charge in [-0.25, -0.2) is 0 Å². The zero-order chi connectivity index (χ0) is 13.9. The summed E-state index contributed by atoms with van der Waals surface area (Å²) in [6.07, 6.45) is 5.68. The van der Waals surface area contributed by atoms with Crippen LogP contribution in [0.2, 0.25) is 0 Å². The molecule has 1 rings (SSSR count). The minimum absolute atomic E-state index is 0.854. The van der Waals surface area contributed by atoms with Gasteiger partial charge in [0.2, 0.25) is 0 Å². The molecule has 0 bridgehead atoms. The Morgan fingerprint density at radius 2 is 1.67 bits per heavy atom. The molecule has 1 fully saturated rings. The van der Waals surface area contributed by atoms with Crippen molar-refractivity contribution in [2.45, 2.75) is 74.1 Å². The van der Waals surface area contributed by atoms with Crippen molar-refractivity contribution in [3.05, 3.63) is 0 Å². The van der Waals surface area contributed by atoms with Crippen LogP contribution in [0.3, 0.4) is 0 Å². The van der Waals surface area contributed by atoms with Gasteiger partial charge in [0.15, 0.2) is 0 Å². The topological polar surface area (TPSA) is 0 Å². The first-order chi connectivity index (χ1) is 8.42. The highest BCUT2D eigenvalue weighted by atomic mass is 14.5. The van der Waals surface area contributed by atoms with E-state index in [-0.39, 0.29) is 0 Å². The van der Waals surface area contributed by atoms with Crippen molar-refractivity contribution < 1.29 is 0 Å². The smallest absolute Gasteiger partial charge is 0.0352 e. The molecular weight excluding hydrogens is 216 g/mol. The van der Waals surface area contributed by atoms with Crippen molar-refractivity contribution >= 4 is 0 Å². The fourth-order valence-electron chi connectivity index (χ4n) is 4.34. The summed E-state index contributed by atoms with van der Waals surface area (Å²) >= 11 is 0. The van der Waals surface area contributed by atoms with E-state index in [1.807, 2.05) is 0 Å². The summed E-state index contributed by atoms with van der Waals surface area (Å²) in [5.41, 5.74) is 0. The van der Waals surface area contributed by atoms with Gasteiger partial charge in [0.25, 0.3) is 0 Å². The summed E-state index contributed by atoms with van der Waals surface area (Å²) in [5.74, 6) is 6.64. The monoisotopic (exact) mass is 252 g/mol. The Bertz CT molecular complexity index is 230. The molecule has 1 aliphatic carbocycles. The minimum Gasteiger partial charge on any atom is -0.0651 e. The van der Waals surface area contributed by atoms with Crippen LogP contribution in [0.1, 0.15) is 74.1 Å². The lowest BCUT2D eigenvalue weighted by Crippen LogP contribution is -2.40. The van der Waals surface area contributed by atoms with E-state index in [4.69, 9.17) is 0 Å². The van der Waals surface area contributed by atoms with Crippen molar-refractivity contribution in [1.29, 1.82) is 0 Å². The zero-order valence-corrected chi connectivity index (χ0v) is 13.9. The summed E-state index contributed by atoms with van der Waals surface area (Å²) in [7, 11) is 0. The quantitative estimate of drug-likeness (QED) is 0.520. The predicted molar refractivity (Wildman–Crippen MR) is 82.6 cm³/mol. The maximum Gasteiger partial charge on any atom is -0.0352 e. The number of hydrogen-bond acceptors (Lipinski definition) is 0. The van der Waals surface area contributed by atoms with Crippen molar-refractivity contribution in [3.63, 3.8) is 0 Å². The molecule has 0 heteroatoms. The second-order valence-corrected chi connectivity index (χ2v) is 7.43. The first kappa shape index (κ1) is 16.1. The van der Waals surface area contributed by atoms with Crippen LogP contribution in [-0.4, -0.2) is 0 Å². The summed E-state index contributed by atoms with van der Waals surface area (Å²) in [6, 6.07) is 0. The van der Waals surface area contributed by atoms with Gasteiger partial charge < -0.3 is 0 Å². The predicted octanol–water partition coefficient (Wildman–Crippen LogP) is 6.01. The highest BCUT2D eigenvalue weighted by Crippen LogP contribution is 2.49. The maximum atomic E-state index is 2.52. The Hall–Kier alpha value is 0. The van der Waals surface area contributed by atoms with Gasteiger partial charge in [-0.2, -0.15) is 0 Å². The van der Waals surface area contributed by atoms with E-state index in [1.165, 1.54) is 25.7 Å². The molecule has 6 unspecified atom stereocenters. The van der Waals surface area contributed by atoms with Crippen molar-refractivity contribution in [3.8, 4) is 0 Å². The van der Waals surface area contributed by atoms with Crippen LogP contribution in [0.4, 0.5) is 0 Å². The minimum atomic E-state index is 0.854. The molecule has 0 radical (unpaired) electrons. The van der Waals surface area contributed by atoms with Crippen molar-refractivity contribution in [2.24, 2.45) is 41.4 Å². The molecule has 1 saturated carbocycles. The van der Waals surface area contributed by atoms with Gasteiger partial charge in [0.05, 0.1) is 0 Å². The second kappa shape index (κ2) is 6.96. The van der Waals surface area contributed by atoms with Gasteiger partial charge in [0, 0.05) is 0 Å². The highest BCUT2D eigenvalue weighted by molar-refractivity contribution is 4.90. The van der Waals surface area contributed by atoms with E-state index in [2.05, 4.69) is 48.5 Å². The summed E-state index contributed by atoms with van der Waals surface area (Å²) < 4.78 is 0. The fourth-order valence-corrected chi connectivity index (χ4v) is 4.34. The molecule has 0 spiro atoms. The molecule has 0 nitrogen and oxygen atoms in total. The summed E-state index contributed by atoms with van der Waals surface area (Å²) in [5, 5.41) is 0. The Kier molecular flexibility index (Phi) is 6.21. The highest BCUT2D eigenvalue weighted by Gasteiger charge is 2.41. The third kappa shape index (κ3) is 3.52. The van der Waals surface area contributed by atoms with Gasteiger partial charge in [-0.05, 0) is 54.3 Å². The van der Waals surface area contributed by atoms with Gasteiger partial charge in [0.1, 0.15) is 0 Å². The maximum absolute atomic E-state index is 2.52. The van der Waals surface area contributed by atoms with Gasteiger partial charge >= 0.3 is 0 Å². The summed E-state index contributed by atoms with van der Waals surface area (Å²) in [6.45, 7) is 17.0. The van der Waals surface area contributed by atoms with Gasteiger partial charge in [-0.15, -0.1) is 0 Å². The normalized spacial score (nSPS) is 33.0. The standard InChI is InChI=1S/C18H36/c1-8-16(12(3)4)10-13(5)15(7)18-11-14(6)17(18)9-2/h12-18H,8-11H2,1-7H3. The molecule has 0 aromatic carbocycles. The molecular formula is C18H36. The van der Waals surface area contributed by atoms with Crippen LogP contribution in [0.15, 0.2) is 0 Å². The zero-order valence-electron chi connectivity index (χ0n) is 13.9. The molecule has 0 aromatic rings. The molecule has 0 amide bonds. The van der Waals surface area contributed by atoms with Crippen molar-refractivity contribution in [2.75, 3.05) is 0 Å². The number of rotatable bonds is 7. The average molecular weight is 252 g/mol. The Morgan fingerprint density at radius 3 is 2.06 bits per heavy atom.